The summed E-state index contributed by atoms with van der Waals surface area (Å²) in [5.74, 6) is -0.343. The lowest BCUT2D eigenvalue weighted by Crippen LogP contribution is -2.31. The van der Waals surface area contributed by atoms with Gasteiger partial charge in [-0.15, -0.1) is 0 Å². The summed E-state index contributed by atoms with van der Waals surface area (Å²) in [6.07, 6.45) is 1.14. The third kappa shape index (κ3) is 2.73. The number of nitrogens with zero attached hydrogens (tertiary/aromatic N) is 1. The third-order valence-electron chi connectivity index (χ3n) is 3.00. The van der Waals surface area contributed by atoms with Crippen molar-refractivity contribution in [3.05, 3.63) is 34.6 Å². The molecule has 1 aliphatic rings. The second kappa shape index (κ2) is 5.13. The molecule has 0 radical (unpaired) electrons. The van der Waals surface area contributed by atoms with Crippen molar-refractivity contribution in [2.45, 2.75) is 19.0 Å². The lowest BCUT2D eigenvalue weighted by Gasteiger charge is -2.13. The average Bonchev–Trinajstić information content (AvgIpc) is 2.67. The molecule has 4 heteroatoms. The van der Waals surface area contributed by atoms with Crippen molar-refractivity contribution in [1.29, 1.82) is 0 Å². The van der Waals surface area contributed by atoms with Crippen molar-refractivity contribution in [2.24, 2.45) is 0 Å². The standard InChI is InChI=1S/C12H16ClFN2/c1-16-6-5-10(8-16)15-7-9-3-2-4-11(14)12(9)13/h2-4,10,15H,5-8H2,1H3. The molecule has 1 fully saturated rings. The summed E-state index contributed by atoms with van der Waals surface area (Å²) in [5.41, 5.74) is 0.830. The van der Waals surface area contributed by atoms with E-state index in [1.54, 1.807) is 6.07 Å². The molecule has 1 aromatic rings. The molecule has 1 heterocycles. The fraction of sp³-hybridized carbons (Fsp3) is 0.500. The molecule has 1 aromatic carbocycles. The highest BCUT2D eigenvalue weighted by Gasteiger charge is 2.18. The maximum Gasteiger partial charge on any atom is 0.142 e. The molecule has 0 spiro atoms. The van der Waals surface area contributed by atoms with E-state index in [4.69, 9.17) is 11.6 Å². The van der Waals surface area contributed by atoms with Gasteiger partial charge in [0.05, 0.1) is 5.02 Å². The van der Waals surface area contributed by atoms with Crippen LogP contribution in [0.2, 0.25) is 5.02 Å². The van der Waals surface area contributed by atoms with Gasteiger partial charge in [-0.3, -0.25) is 0 Å². The first-order valence-electron chi connectivity index (χ1n) is 5.51. The number of hydrogen-bond donors (Lipinski definition) is 1. The lowest BCUT2D eigenvalue weighted by atomic mass is 10.2. The van der Waals surface area contributed by atoms with Gasteiger partial charge >= 0.3 is 0 Å². The molecule has 1 atom stereocenters. The SMILES string of the molecule is CN1CCC(NCc2cccc(F)c2Cl)C1. The number of hydrogen-bond acceptors (Lipinski definition) is 2. The van der Waals surface area contributed by atoms with Gasteiger partial charge in [-0.1, -0.05) is 23.7 Å². The van der Waals surface area contributed by atoms with Gasteiger partial charge in [-0.05, 0) is 31.6 Å². The largest absolute Gasteiger partial charge is 0.309 e. The number of nitrogens with one attached hydrogen (secondary N) is 1. The van der Waals surface area contributed by atoms with Crippen LogP contribution in [0.4, 0.5) is 4.39 Å². The van der Waals surface area contributed by atoms with Gasteiger partial charge < -0.3 is 10.2 Å². The molecule has 0 aliphatic carbocycles. The minimum Gasteiger partial charge on any atom is -0.309 e. The Bertz CT molecular complexity index is 370. The predicted octanol–water partition coefficient (Wildman–Crippen LogP) is 2.27. The average molecular weight is 243 g/mol. The minimum atomic E-state index is -0.343. The van der Waals surface area contributed by atoms with Crippen molar-refractivity contribution in [3.63, 3.8) is 0 Å². The predicted molar refractivity (Wildman–Crippen MR) is 64.2 cm³/mol. The van der Waals surface area contributed by atoms with E-state index >= 15 is 0 Å². The molecule has 2 rings (SSSR count). The number of benzene rings is 1. The Balaban J connectivity index is 1.92. The zero-order valence-corrected chi connectivity index (χ0v) is 10.1. The second-order valence-corrected chi connectivity index (χ2v) is 4.72. The summed E-state index contributed by atoms with van der Waals surface area (Å²) in [5, 5.41) is 3.64. The number of halogens is 2. The van der Waals surface area contributed by atoms with Crippen LogP contribution in [0, 0.1) is 5.82 Å². The van der Waals surface area contributed by atoms with Crippen molar-refractivity contribution in [3.8, 4) is 0 Å². The monoisotopic (exact) mass is 242 g/mol. The molecule has 2 nitrogen and oxygen atoms in total. The fourth-order valence-corrected chi connectivity index (χ4v) is 2.23. The van der Waals surface area contributed by atoms with E-state index in [9.17, 15) is 4.39 Å². The van der Waals surface area contributed by atoms with Crippen LogP contribution in [0.1, 0.15) is 12.0 Å². The summed E-state index contributed by atoms with van der Waals surface area (Å²) in [6.45, 7) is 2.80. The molecule has 0 amide bonds. The van der Waals surface area contributed by atoms with E-state index in [-0.39, 0.29) is 10.8 Å². The molecule has 1 saturated heterocycles. The quantitative estimate of drug-likeness (QED) is 0.875. The first-order valence-corrected chi connectivity index (χ1v) is 5.89. The molecule has 0 saturated carbocycles. The Morgan fingerprint density at radius 1 is 1.56 bits per heavy atom. The van der Waals surface area contributed by atoms with Crippen LogP contribution in [0.25, 0.3) is 0 Å². The third-order valence-corrected chi connectivity index (χ3v) is 3.43. The molecular weight excluding hydrogens is 227 g/mol. The van der Waals surface area contributed by atoms with Crippen LogP contribution >= 0.6 is 11.6 Å². The van der Waals surface area contributed by atoms with Gasteiger partial charge in [-0.25, -0.2) is 4.39 Å². The van der Waals surface area contributed by atoms with Crippen molar-refractivity contribution in [1.82, 2.24) is 10.2 Å². The van der Waals surface area contributed by atoms with Crippen LogP contribution in [0.15, 0.2) is 18.2 Å². The molecule has 0 bridgehead atoms. The maximum absolute atomic E-state index is 13.2. The molecule has 1 unspecified atom stereocenters. The molecule has 1 aliphatic heterocycles. The van der Waals surface area contributed by atoms with Gasteiger partial charge in [0.1, 0.15) is 5.82 Å². The van der Waals surface area contributed by atoms with Crippen LogP contribution < -0.4 is 5.32 Å². The Labute approximate surface area is 100 Å². The summed E-state index contributed by atoms with van der Waals surface area (Å²) >= 11 is 5.88. The highest BCUT2D eigenvalue weighted by Crippen LogP contribution is 2.19. The summed E-state index contributed by atoms with van der Waals surface area (Å²) in [6, 6.07) is 5.43. The second-order valence-electron chi connectivity index (χ2n) is 4.34. The smallest absolute Gasteiger partial charge is 0.142 e. The first-order chi connectivity index (χ1) is 7.66. The van der Waals surface area contributed by atoms with E-state index in [1.165, 1.54) is 6.07 Å². The van der Waals surface area contributed by atoms with Crippen molar-refractivity contribution in [2.75, 3.05) is 20.1 Å². The van der Waals surface area contributed by atoms with Crippen LogP contribution in [0.5, 0.6) is 0 Å². The van der Waals surface area contributed by atoms with Gasteiger partial charge in [-0.2, -0.15) is 0 Å². The summed E-state index contributed by atoms with van der Waals surface area (Å²) in [7, 11) is 2.11. The number of rotatable bonds is 3. The van der Waals surface area contributed by atoms with Crippen molar-refractivity contribution >= 4 is 11.6 Å². The van der Waals surface area contributed by atoms with Gasteiger partial charge in [0.2, 0.25) is 0 Å². The highest BCUT2D eigenvalue weighted by molar-refractivity contribution is 6.31. The van der Waals surface area contributed by atoms with E-state index < -0.39 is 0 Å². The van der Waals surface area contributed by atoms with E-state index in [2.05, 4.69) is 17.3 Å². The van der Waals surface area contributed by atoms with E-state index in [0.717, 1.165) is 25.1 Å². The molecular formula is C12H16ClFN2. The zero-order chi connectivity index (χ0) is 11.5. The van der Waals surface area contributed by atoms with Crippen LogP contribution in [-0.2, 0) is 6.54 Å². The van der Waals surface area contributed by atoms with Gasteiger partial charge in [0.25, 0.3) is 0 Å². The van der Waals surface area contributed by atoms with Crippen LogP contribution in [-0.4, -0.2) is 31.1 Å². The van der Waals surface area contributed by atoms with Gasteiger partial charge in [0.15, 0.2) is 0 Å². The van der Waals surface area contributed by atoms with E-state index in [0.29, 0.717) is 12.6 Å². The van der Waals surface area contributed by atoms with Gasteiger partial charge in [0, 0.05) is 19.1 Å². The first kappa shape index (κ1) is 11.8. The van der Waals surface area contributed by atoms with E-state index in [1.807, 2.05) is 6.07 Å². The Morgan fingerprint density at radius 3 is 3.06 bits per heavy atom. The van der Waals surface area contributed by atoms with Crippen molar-refractivity contribution < 1.29 is 4.39 Å². The summed E-state index contributed by atoms with van der Waals surface area (Å²) in [4.78, 5) is 2.28. The van der Waals surface area contributed by atoms with Crippen LogP contribution in [0.3, 0.4) is 0 Å². The zero-order valence-electron chi connectivity index (χ0n) is 9.34. The molecule has 88 valence electrons. The topological polar surface area (TPSA) is 15.3 Å². The molecule has 0 aromatic heterocycles. The summed E-state index contributed by atoms with van der Waals surface area (Å²) < 4.78 is 13.2. The Kier molecular flexibility index (Phi) is 3.79. The fourth-order valence-electron chi connectivity index (χ4n) is 2.04. The number of likely N-dealkylation sites (N-methyl/N-ethyl adjacent to an activating group) is 1. The Morgan fingerprint density at radius 2 is 2.38 bits per heavy atom. The number of likely N-dealkylation sites (tertiary alicyclic amines) is 1. The highest BCUT2D eigenvalue weighted by atomic mass is 35.5. The molecule has 16 heavy (non-hydrogen) atoms. The Hall–Kier alpha value is -0.640. The normalized spacial score (nSPS) is 21.6. The molecule has 1 N–H and O–H groups in total. The minimum absolute atomic E-state index is 0.237. The lowest BCUT2D eigenvalue weighted by molar-refractivity contribution is 0.397. The maximum atomic E-state index is 13.2.